The highest BCUT2D eigenvalue weighted by Gasteiger charge is 2.22. The van der Waals surface area contributed by atoms with E-state index in [2.05, 4.69) is 12.1 Å². The van der Waals surface area contributed by atoms with Gasteiger partial charge in [-0.25, -0.2) is 0 Å². The first-order valence-corrected chi connectivity index (χ1v) is 5.73. The van der Waals surface area contributed by atoms with Crippen LogP contribution >= 0.6 is 11.8 Å². The summed E-state index contributed by atoms with van der Waals surface area (Å²) >= 11 is 1.54. The van der Waals surface area contributed by atoms with E-state index in [1.165, 1.54) is 22.9 Å². The summed E-state index contributed by atoms with van der Waals surface area (Å²) in [5.74, 6) is -0.515. The molecule has 3 heteroatoms. The summed E-state index contributed by atoms with van der Waals surface area (Å²) in [4.78, 5) is 10.4. The van der Waals surface area contributed by atoms with Gasteiger partial charge in [0.25, 0.3) is 0 Å². The van der Waals surface area contributed by atoms with Crippen molar-refractivity contribution in [2.75, 3.05) is 5.75 Å². The summed E-state index contributed by atoms with van der Waals surface area (Å²) in [6, 6.07) is 8.32. The molecule has 14 heavy (non-hydrogen) atoms. The smallest absolute Gasteiger partial charge is 0.313 e. The van der Waals surface area contributed by atoms with Crippen molar-refractivity contribution in [1.29, 1.82) is 0 Å². The molecule has 1 aromatic carbocycles. The molecule has 2 rings (SSSR count). The molecule has 0 fully saturated rings. The Kier molecular flexibility index (Phi) is 2.77. The van der Waals surface area contributed by atoms with Crippen LogP contribution in [0.5, 0.6) is 0 Å². The largest absolute Gasteiger partial charge is 0.481 e. The van der Waals surface area contributed by atoms with Crippen molar-refractivity contribution in [2.24, 2.45) is 0 Å². The highest BCUT2D eigenvalue weighted by molar-refractivity contribution is 8.00. The van der Waals surface area contributed by atoms with Crippen LogP contribution in [0.3, 0.4) is 0 Å². The van der Waals surface area contributed by atoms with E-state index in [9.17, 15) is 4.79 Å². The van der Waals surface area contributed by atoms with E-state index in [-0.39, 0.29) is 5.75 Å². The first kappa shape index (κ1) is 9.59. The van der Waals surface area contributed by atoms with Crippen molar-refractivity contribution in [1.82, 2.24) is 0 Å². The Labute approximate surface area is 87.3 Å². The van der Waals surface area contributed by atoms with Gasteiger partial charge in [0.2, 0.25) is 0 Å². The fraction of sp³-hybridized carbons (Fsp3) is 0.364. The second-order valence-corrected chi connectivity index (χ2v) is 4.62. The van der Waals surface area contributed by atoms with E-state index in [1.54, 1.807) is 0 Å². The first-order valence-electron chi connectivity index (χ1n) is 4.68. The molecule has 0 aromatic heterocycles. The van der Waals surface area contributed by atoms with Gasteiger partial charge in [0.05, 0.1) is 5.75 Å². The van der Waals surface area contributed by atoms with Gasteiger partial charge in [-0.15, -0.1) is 11.8 Å². The Bertz CT molecular complexity index is 349. The summed E-state index contributed by atoms with van der Waals surface area (Å²) < 4.78 is 0. The number of thioether (sulfide) groups is 1. The molecule has 1 unspecified atom stereocenters. The Hall–Kier alpha value is -0.960. The minimum atomic E-state index is -0.723. The predicted molar refractivity (Wildman–Crippen MR) is 57.6 cm³/mol. The molecule has 74 valence electrons. The molecule has 1 aromatic rings. The Morgan fingerprint density at radius 2 is 2.29 bits per heavy atom. The summed E-state index contributed by atoms with van der Waals surface area (Å²) in [5, 5.41) is 8.99. The summed E-state index contributed by atoms with van der Waals surface area (Å²) in [7, 11) is 0. The number of carboxylic acids is 1. The molecule has 0 amide bonds. The molecule has 0 heterocycles. The third kappa shape index (κ3) is 1.93. The molecule has 1 atom stereocenters. The summed E-state index contributed by atoms with van der Waals surface area (Å²) in [6.07, 6.45) is 2.17. The zero-order valence-electron chi connectivity index (χ0n) is 7.77. The fourth-order valence-corrected chi connectivity index (χ4v) is 2.90. The van der Waals surface area contributed by atoms with Gasteiger partial charge in [-0.05, 0) is 24.0 Å². The van der Waals surface area contributed by atoms with Crippen molar-refractivity contribution in [3.05, 3.63) is 35.4 Å². The topological polar surface area (TPSA) is 37.3 Å². The summed E-state index contributed by atoms with van der Waals surface area (Å²) in [6.45, 7) is 0. The number of carboxylic acid groups (broad SMARTS) is 1. The van der Waals surface area contributed by atoms with Gasteiger partial charge in [0.1, 0.15) is 0 Å². The van der Waals surface area contributed by atoms with Crippen LogP contribution in [0.1, 0.15) is 22.8 Å². The predicted octanol–water partition coefficient (Wildman–Crippen LogP) is 2.49. The lowest BCUT2D eigenvalue weighted by Gasteiger charge is -2.08. The highest BCUT2D eigenvalue weighted by Crippen LogP contribution is 2.40. The number of aryl methyl sites for hydroxylation is 1. The average Bonchev–Trinajstić information content (AvgIpc) is 2.58. The van der Waals surface area contributed by atoms with Gasteiger partial charge in [0.15, 0.2) is 0 Å². The van der Waals surface area contributed by atoms with Gasteiger partial charge < -0.3 is 5.11 Å². The van der Waals surface area contributed by atoms with E-state index in [0.29, 0.717) is 5.25 Å². The second kappa shape index (κ2) is 4.05. The molecule has 0 aliphatic heterocycles. The molecule has 0 bridgehead atoms. The molecule has 1 aliphatic carbocycles. The summed E-state index contributed by atoms with van der Waals surface area (Å²) in [5.41, 5.74) is 2.72. The lowest BCUT2D eigenvalue weighted by Crippen LogP contribution is -2.00. The number of benzene rings is 1. The van der Waals surface area contributed by atoms with Crippen LogP contribution in [0, 0.1) is 0 Å². The van der Waals surface area contributed by atoms with Gasteiger partial charge >= 0.3 is 5.97 Å². The minimum absolute atomic E-state index is 0.207. The Morgan fingerprint density at radius 3 is 3.07 bits per heavy atom. The maximum atomic E-state index is 10.4. The minimum Gasteiger partial charge on any atom is -0.481 e. The molecule has 0 spiro atoms. The molecule has 1 N–H and O–H groups in total. The molecule has 0 saturated carbocycles. The van der Waals surface area contributed by atoms with Crippen LogP contribution in [-0.4, -0.2) is 16.8 Å². The number of fused-ring (bicyclic) bond motifs is 1. The van der Waals surface area contributed by atoms with Crippen LogP contribution in [-0.2, 0) is 11.2 Å². The van der Waals surface area contributed by atoms with E-state index in [0.717, 1.165) is 12.8 Å². The van der Waals surface area contributed by atoms with Gasteiger partial charge in [-0.1, -0.05) is 24.3 Å². The van der Waals surface area contributed by atoms with E-state index < -0.39 is 5.97 Å². The SMILES string of the molecule is O=C(O)CSC1CCc2ccccc21. The quantitative estimate of drug-likeness (QED) is 0.829. The zero-order valence-corrected chi connectivity index (χ0v) is 8.59. The number of carbonyl (C=O) groups is 1. The second-order valence-electron chi connectivity index (χ2n) is 3.43. The van der Waals surface area contributed by atoms with Crippen LogP contribution in [0.25, 0.3) is 0 Å². The van der Waals surface area contributed by atoms with Crippen LogP contribution in [0.15, 0.2) is 24.3 Å². The molecular formula is C11H12O2S. The number of hydrogen-bond acceptors (Lipinski definition) is 2. The Balaban J connectivity index is 2.07. The third-order valence-corrected chi connectivity index (χ3v) is 3.79. The van der Waals surface area contributed by atoms with Crippen LogP contribution in [0.4, 0.5) is 0 Å². The molecule has 0 saturated heterocycles. The lowest BCUT2D eigenvalue weighted by molar-refractivity contribution is -0.133. The fourth-order valence-electron chi connectivity index (χ4n) is 1.86. The van der Waals surface area contributed by atoms with E-state index in [4.69, 9.17) is 5.11 Å². The molecule has 1 aliphatic rings. The Morgan fingerprint density at radius 1 is 1.50 bits per heavy atom. The van der Waals surface area contributed by atoms with Crippen molar-refractivity contribution in [3.63, 3.8) is 0 Å². The maximum absolute atomic E-state index is 10.4. The van der Waals surface area contributed by atoms with Crippen LogP contribution in [0.2, 0.25) is 0 Å². The van der Waals surface area contributed by atoms with Crippen molar-refractivity contribution < 1.29 is 9.90 Å². The van der Waals surface area contributed by atoms with Crippen molar-refractivity contribution in [2.45, 2.75) is 18.1 Å². The number of rotatable bonds is 3. The highest BCUT2D eigenvalue weighted by atomic mass is 32.2. The first-order chi connectivity index (χ1) is 6.77. The number of aliphatic carboxylic acids is 1. The molecule has 0 radical (unpaired) electrons. The van der Waals surface area contributed by atoms with Crippen molar-refractivity contribution in [3.8, 4) is 0 Å². The van der Waals surface area contributed by atoms with Crippen molar-refractivity contribution >= 4 is 17.7 Å². The van der Waals surface area contributed by atoms with Gasteiger partial charge in [-0.2, -0.15) is 0 Å². The normalized spacial score (nSPS) is 19.3. The van der Waals surface area contributed by atoms with Gasteiger partial charge in [0, 0.05) is 5.25 Å². The monoisotopic (exact) mass is 208 g/mol. The van der Waals surface area contributed by atoms with E-state index in [1.807, 2.05) is 12.1 Å². The average molecular weight is 208 g/mol. The van der Waals surface area contributed by atoms with Crippen LogP contribution < -0.4 is 0 Å². The number of hydrogen-bond donors (Lipinski definition) is 1. The van der Waals surface area contributed by atoms with E-state index >= 15 is 0 Å². The lowest BCUT2D eigenvalue weighted by atomic mass is 10.1. The standard InChI is InChI=1S/C11H12O2S/c12-11(13)7-14-10-6-5-8-3-1-2-4-9(8)10/h1-4,10H,5-7H2,(H,12,13). The van der Waals surface area contributed by atoms with Gasteiger partial charge in [-0.3, -0.25) is 4.79 Å². The molecular weight excluding hydrogens is 196 g/mol. The maximum Gasteiger partial charge on any atom is 0.313 e. The molecule has 2 nitrogen and oxygen atoms in total. The third-order valence-electron chi connectivity index (χ3n) is 2.49. The zero-order chi connectivity index (χ0) is 9.97.